The fraction of sp³-hybridized carbons (Fsp3) is 0.909. The average Bonchev–Trinajstić information content (AvgIpc) is 2.65. The van der Waals surface area contributed by atoms with Crippen molar-refractivity contribution in [2.75, 3.05) is 18.1 Å². The molecule has 0 aromatic carbocycles. The van der Waals surface area contributed by atoms with E-state index in [1.165, 1.54) is 95.6 Å². The molecule has 0 fully saturated rings. The first-order chi connectivity index (χ1) is 13.8. The maximum Gasteiger partial charge on any atom is 0.466 e. The van der Waals surface area contributed by atoms with Gasteiger partial charge in [-0.3, -0.25) is 0 Å². The summed E-state index contributed by atoms with van der Waals surface area (Å²) < 4.78 is 8.88. The molecule has 0 heterocycles. The Labute approximate surface area is 184 Å². The maximum atomic E-state index is 9.22. The number of phosphoric acid groups is 1. The molecule has 29 heavy (non-hydrogen) atoms. The Morgan fingerprint density at radius 3 is 1.52 bits per heavy atom. The van der Waals surface area contributed by atoms with Gasteiger partial charge in [0.1, 0.15) is 0 Å². The Morgan fingerprint density at radius 2 is 1.17 bits per heavy atom. The predicted molar refractivity (Wildman–Crippen MR) is 127 cm³/mol. The Hall–Kier alpha value is 0.160. The van der Waals surface area contributed by atoms with Gasteiger partial charge in [0.15, 0.2) is 0 Å². The molecule has 0 amide bonds. The van der Waals surface area contributed by atoms with E-state index in [-0.39, 0.29) is 6.61 Å². The molecule has 1 unspecified atom stereocenters. The van der Waals surface area contributed by atoms with Gasteiger partial charge in [-0.05, 0) is 19.1 Å². The quantitative estimate of drug-likeness (QED) is 0.102. The smallest absolute Gasteiger partial charge is 0.396 e. The van der Waals surface area contributed by atoms with E-state index in [2.05, 4.69) is 13.0 Å². The molecule has 0 rings (SSSR count). The summed E-state index contributed by atoms with van der Waals surface area (Å²) in [5, 5.41) is 9.22. The van der Waals surface area contributed by atoms with E-state index in [9.17, 15) is 5.11 Å². The van der Waals surface area contributed by atoms with E-state index in [4.69, 9.17) is 19.2 Å². The van der Waals surface area contributed by atoms with Crippen molar-refractivity contribution >= 4 is 19.6 Å². The second-order valence-corrected chi connectivity index (χ2v) is 9.83. The van der Waals surface area contributed by atoms with Gasteiger partial charge in [0.25, 0.3) is 0 Å². The van der Waals surface area contributed by atoms with Crippen molar-refractivity contribution in [1.29, 1.82) is 0 Å². The number of aliphatic hydroxyl groups excluding tert-OH is 1. The second-order valence-electron chi connectivity index (χ2n) is 7.65. The van der Waals surface area contributed by atoms with E-state index in [0.29, 0.717) is 5.92 Å². The second kappa shape index (κ2) is 24.4. The van der Waals surface area contributed by atoms with Crippen LogP contribution in [0.1, 0.15) is 104 Å². The zero-order valence-corrected chi connectivity index (χ0v) is 20.5. The summed E-state index contributed by atoms with van der Waals surface area (Å²) >= 11 is 2.00. The van der Waals surface area contributed by atoms with Crippen LogP contribution in [0.2, 0.25) is 0 Å². The number of allylic oxidation sites excluding steroid dienone is 1. The lowest BCUT2D eigenvalue weighted by Gasteiger charge is -2.08. The van der Waals surface area contributed by atoms with Gasteiger partial charge in [-0.2, -0.15) is 11.8 Å². The van der Waals surface area contributed by atoms with Crippen molar-refractivity contribution < 1.29 is 24.4 Å². The fourth-order valence-corrected chi connectivity index (χ4v) is 4.17. The first kappa shape index (κ1) is 31.3. The maximum absolute atomic E-state index is 9.22. The average molecular weight is 455 g/mol. The van der Waals surface area contributed by atoms with Crippen LogP contribution in [0, 0.1) is 5.92 Å². The molecule has 0 aliphatic carbocycles. The normalized spacial score (nSPS) is 12.8. The molecule has 0 spiro atoms. The molecule has 0 bridgehead atoms. The Bertz CT molecular complexity index is 379. The van der Waals surface area contributed by atoms with Crippen LogP contribution < -0.4 is 0 Å². The lowest BCUT2D eigenvalue weighted by molar-refractivity contribution is 0.264. The van der Waals surface area contributed by atoms with Crippen LogP contribution in [0.25, 0.3) is 0 Å². The van der Waals surface area contributed by atoms with Crippen molar-refractivity contribution in [3.8, 4) is 0 Å². The van der Waals surface area contributed by atoms with E-state index in [1.807, 2.05) is 24.8 Å². The molecule has 0 radical (unpaired) electrons. The highest BCUT2D eigenvalue weighted by Crippen LogP contribution is 2.25. The minimum absolute atomic E-state index is 0.288. The monoisotopic (exact) mass is 454 g/mol. The Balaban J connectivity index is 0. The van der Waals surface area contributed by atoms with Gasteiger partial charge in [-0.15, -0.1) is 0 Å². The molecule has 1 atom stereocenters. The molecule has 0 aromatic heterocycles. The molecule has 4 N–H and O–H groups in total. The first-order valence-corrected chi connectivity index (χ1v) is 14.2. The van der Waals surface area contributed by atoms with Gasteiger partial charge in [0, 0.05) is 11.7 Å². The van der Waals surface area contributed by atoms with Gasteiger partial charge < -0.3 is 19.8 Å². The van der Waals surface area contributed by atoms with Crippen LogP contribution >= 0.6 is 19.6 Å². The van der Waals surface area contributed by atoms with Crippen LogP contribution in [-0.4, -0.2) is 37.9 Å². The van der Waals surface area contributed by atoms with E-state index < -0.39 is 7.82 Å². The van der Waals surface area contributed by atoms with Crippen LogP contribution in [0.5, 0.6) is 0 Å². The van der Waals surface area contributed by atoms with Gasteiger partial charge >= 0.3 is 7.82 Å². The summed E-state index contributed by atoms with van der Waals surface area (Å²) in [6.45, 7) is 4.60. The zero-order valence-electron chi connectivity index (χ0n) is 18.8. The number of rotatable bonds is 19. The molecule has 176 valence electrons. The minimum Gasteiger partial charge on any atom is -0.396 e. The fourth-order valence-electron chi connectivity index (χ4n) is 3.07. The highest BCUT2D eigenvalue weighted by atomic mass is 32.2. The highest BCUT2D eigenvalue weighted by Gasteiger charge is 2.02. The van der Waals surface area contributed by atoms with Crippen molar-refractivity contribution in [2.45, 2.75) is 104 Å². The summed E-state index contributed by atoms with van der Waals surface area (Å²) in [5.74, 6) is 2.68. The largest absolute Gasteiger partial charge is 0.466 e. The predicted octanol–water partition coefficient (Wildman–Crippen LogP) is 6.46. The van der Waals surface area contributed by atoms with Crippen molar-refractivity contribution in [3.05, 3.63) is 12.2 Å². The number of hydrogen-bond acceptors (Lipinski definition) is 3. The van der Waals surface area contributed by atoms with E-state index in [1.54, 1.807) is 0 Å². The first-order valence-electron chi connectivity index (χ1n) is 11.4. The molecule has 0 aromatic rings. The molecular weight excluding hydrogens is 407 g/mol. The summed E-state index contributed by atoms with van der Waals surface area (Å²) in [6, 6.07) is 0. The molecular formula is C22H47O5PS. The van der Waals surface area contributed by atoms with Gasteiger partial charge in [-0.25, -0.2) is 4.57 Å². The Kier molecular flexibility index (Phi) is 26.4. The van der Waals surface area contributed by atoms with Gasteiger partial charge in [-0.1, -0.05) is 103 Å². The van der Waals surface area contributed by atoms with Crippen LogP contribution in [-0.2, 0) is 4.57 Å². The van der Waals surface area contributed by atoms with Crippen LogP contribution in [0.15, 0.2) is 12.2 Å². The minimum atomic E-state index is -4.64. The van der Waals surface area contributed by atoms with Gasteiger partial charge in [0.05, 0.1) is 6.61 Å². The molecule has 0 aliphatic heterocycles. The number of unbranched alkanes of at least 4 members (excludes halogenated alkanes) is 13. The molecule has 0 saturated carbocycles. The molecule has 0 saturated heterocycles. The summed E-state index contributed by atoms with van der Waals surface area (Å²) in [7, 11) is -4.64. The third-order valence-electron chi connectivity index (χ3n) is 4.67. The third kappa shape index (κ3) is 35.9. The van der Waals surface area contributed by atoms with E-state index in [0.717, 1.165) is 5.75 Å². The lowest BCUT2D eigenvalue weighted by Crippen LogP contribution is -2.05. The number of aliphatic hydroxyl groups is 1. The molecule has 5 nitrogen and oxygen atoms in total. The van der Waals surface area contributed by atoms with Crippen molar-refractivity contribution in [2.24, 2.45) is 5.92 Å². The highest BCUT2D eigenvalue weighted by molar-refractivity contribution is 7.99. The zero-order chi connectivity index (χ0) is 22.2. The topological polar surface area (TPSA) is 98.0 Å². The third-order valence-corrected chi connectivity index (χ3v) is 5.91. The van der Waals surface area contributed by atoms with Crippen molar-refractivity contribution in [3.63, 3.8) is 0 Å². The van der Waals surface area contributed by atoms with Crippen LogP contribution in [0.4, 0.5) is 0 Å². The number of thioether (sulfide) groups is 1. The summed E-state index contributed by atoms with van der Waals surface area (Å²) in [5.41, 5.74) is 0. The number of hydrogen-bond donors (Lipinski definition) is 4. The SMILES string of the molecule is CC=CC(CO)CSCCCCCCCCCCCCCCCC.O=P(O)(O)O. The molecule has 0 aliphatic rings. The van der Waals surface area contributed by atoms with Gasteiger partial charge in [0.2, 0.25) is 0 Å². The summed E-state index contributed by atoms with van der Waals surface area (Å²) in [4.78, 5) is 21.6. The Morgan fingerprint density at radius 1 is 0.793 bits per heavy atom. The van der Waals surface area contributed by atoms with Crippen molar-refractivity contribution in [1.82, 2.24) is 0 Å². The summed E-state index contributed by atoms with van der Waals surface area (Å²) in [6.07, 6.45) is 24.2. The standard InChI is InChI=1S/C22H44OS.H3O4P/c1-3-5-6-7-8-9-10-11-12-13-14-15-16-17-19-24-21-22(20-23)18-4-2;1-5(2,3)4/h4,18,22-23H,3,5-17,19-21H2,1-2H3;(H3,1,2,3,4). The lowest BCUT2D eigenvalue weighted by atomic mass is 10.0. The van der Waals surface area contributed by atoms with E-state index >= 15 is 0 Å². The molecule has 7 heteroatoms. The van der Waals surface area contributed by atoms with Crippen LogP contribution in [0.3, 0.4) is 0 Å².